The minimum Gasteiger partial charge on any atom is -0.368 e. The average Bonchev–Trinajstić information content (AvgIpc) is 3.35. The van der Waals surface area contributed by atoms with Gasteiger partial charge in [-0.15, -0.1) is 10.2 Å². The van der Waals surface area contributed by atoms with Crippen molar-refractivity contribution in [1.29, 1.82) is 5.26 Å². The Morgan fingerprint density at radius 1 is 1.24 bits per heavy atom. The third-order valence-corrected chi connectivity index (χ3v) is 11.7. The largest absolute Gasteiger partial charge is 0.368 e. The van der Waals surface area contributed by atoms with Crippen LogP contribution in [0.1, 0.15) is 50.1 Å². The van der Waals surface area contributed by atoms with E-state index >= 15 is 0 Å². The zero-order valence-corrected chi connectivity index (χ0v) is 24.9. The monoisotopic (exact) mass is 640 g/mol. The van der Waals surface area contributed by atoms with Crippen LogP contribution in [-0.2, 0) is 31.4 Å². The van der Waals surface area contributed by atoms with Gasteiger partial charge in [-0.1, -0.05) is 17.4 Å². The van der Waals surface area contributed by atoms with E-state index in [-0.39, 0.29) is 46.0 Å². The number of hydrogen-bond acceptors (Lipinski definition) is 10. The fraction of sp³-hybridized carbons (Fsp3) is 0.458. The second kappa shape index (κ2) is 10.7. The molecule has 1 aliphatic carbocycles. The van der Waals surface area contributed by atoms with Gasteiger partial charge in [0, 0.05) is 24.0 Å². The molecule has 1 aliphatic heterocycles. The van der Waals surface area contributed by atoms with Crippen LogP contribution in [-0.4, -0.2) is 70.9 Å². The van der Waals surface area contributed by atoms with E-state index < -0.39 is 54.7 Å². The molecule has 5 rings (SSSR count). The lowest BCUT2D eigenvalue weighted by Crippen LogP contribution is -2.39. The Morgan fingerprint density at radius 3 is 2.48 bits per heavy atom. The summed E-state index contributed by atoms with van der Waals surface area (Å²) in [6.07, 6.45) is -0.367. The van der Waals surface area contributed by atoms with Crippen molar-refractivity contribution >= 4 is 53.8 Å². The Balaban J connectivity index is 1.74. The average molecular weight is 641 g/mol. The molecule has 224 valence electrons. The van der Waals surface area contributed by atoms with Crippen molar-refractivity contribution in [2.45, 2.75) is 61.8 Å². The molecular weight excluding hydrogens is 615 g/mol. The van der Waals surface area contributed by atoms with Gasteiger partial charge in [0.1, 0.15) is 17.8 Å². The first kappa shape index (κ1) is 30.1. The second-order valence-electron chi connectivity index (χ2n) is 10.3. The van der Waals surface area contributed by atoms with Crippen molar-refractivity contribution in [1.82, 2.24) is 29.0 Å². The summed E-state index contributed by atoms with van der Waals surface area (Å²) < 4.78 is 84.2. The van der Waals surface area contributed by atoms with E-state index in [0.29, 0.717) is 35.3 Å². The number of sulfonamides is 2. The Labute approximate surface area is 244 Å². The molecule has 0 saturated heterocycles. The summed E-state index contributed by atoms with van der Waals surface area (Å²) in [6.45, 7) is 2.86. The molecule has 0 atom stereocenters. The number of benzene rings is 1. The van der Waals surface area contributed by atoms with Crippen LogP contribution in [0.4, 0.5) is 8.78 Å². The Kier molecular flexibility index (Phi) is 7.68. The first-order valence-electron chi connectivity index (χ1n) is 12.8. The number of rotatable bonds is 10. The maximum atomic E-state index is 13.5. The number of amides is 1. The van der Waals surface area contributed by atoms with Crippen LogP contribution in [0.15, 0.2) is 23.1 Å². The first-order chi connectivity index (χ1) is 19.7. The highest BCUT2D eigenvalue weighted by atomic mass is 32.2. The second-order valence-corrected chi connectivity index (χ2v) is 15.5. The molecule has 3 heterocycles. The molecule has 3 aromatic rings. The number of nitrogens with two attached hydrogens (primary N) is 1. The summed E-state index contributed by atoms with van der Waals surface area (Å²) >= 11 is 0.565. The third-order valence-electron chi connectivity index (χ3n) is 7.03. The molecular formula is C24H26F2N8O5S3. The summed E-state index contributed by atoms with van der Waals surface area (Å²) in [7, 11) is -7.83. The highest BCUT2D eigenvalue weighted by Gasteiger charge is 2.47. The van der Waals surface area contributed by atoms with E-state index in [2.05, 4.69) is 20.0 Å². The van der Waals surface area contributed by atoms with Gasteiger partial charge in [0.2, 0.25) is 26.0 Å². The zero-order chi connectivity index (χ0) is 30.6. The zero-order valence-electron chi connectivity index (χ0n) is 22.4. The minimum atomic E-state index is -4.27. The number of hydrogen-bond donors (Lipinski definition) is 2. The number of carbonyl (C=O) groups is 1. The Hall–Kier alpha value is -3.37. The number of nitrogens with one attached hydrogen (secondary N) is 1. The molecule has 1 fully saturated rings. The molecule has 0 unspecified atom stereocenters. The Bertz CT molecular complexity index is 1870. The molecule has 0 bridgehead atoms. The fourth-order valence-corrected chi connectivity index (χ4v) is 7.98. The number of alkyl halides is 2. The van der Waals surface area contributed by atoms with E-state index in [1.165, 1.54) is 21.1 Å². The van der Waals surface area contributed by atoms with Gasteiger partial charge in [-0.3, -0.25) is 9.48 Å². The van der Waals surface area contributed by atoms with E-state index in [0.717, 1.165) is 0 Å². The summed E-state index contributed by atoms with van der Waals surface area (Å²) in [6, 6.07) is 4.62. The summed E-state index contributed by atoms with van der Waals surface area (Å²) in [5, 5.41) is 20.1. The van der Waals surface area contributed by atoms with Gasteiger partial charge in [-0.25, -0.2) is 25.6 Å². The maximum Gasteiger partial charge on any atom is 0.291 e. The summed E-state index contributed by atoms with van der Waals surface area (Å²) in [5.74, 6) is -0.766. The van der Waals surface area contributed by atoms with Crippen LogP contribution in [0.2, 0.25) is 0 Å². The molecule has 42 heavy (non-hydrogen) atoms. The highest BCUT2D eigenvalue weighted by molar-refractivity contribution is 7.90. The number of primary amides is 1. The molecule has 2 aromatic heterocycles. The van der Waals surface area contributed by atoms with E-state index in [1.807, 2.05) is 6.07 Å². The van der Waals surface area contributed by atoms with E-state index in [1.54, 1.807) is 19.9 Å². The number of nitrogens with zero attached hydrogens (tertiary/aromatic N) is 6. The van der Waals surface area contributed by atoms with Gasteiger partial charge < -0.3 is 5.73 Å². The Morgan fingerprint density at radius 2 is 1.95 bits per heavy atom. The normalized spacial score (nSPS) is 17.5. The van der Waals surface area contributed by atoms with Gasteiger partial charge >= 0.3 is 0 Å². The van der Waals surface area contributed by atoms with Crippen molar-refractivity contribution in [3.05, 3.63) is 28.8 Å². The number of aromatic nitrogens is 4. The lowest BCUT2D eigenvalue weighted by Gasteiger charge is -2.28. The van der Waals surface area contributed by atoms with Crippen molar-refractivity contribution < 1.29 is 30.4 Å². The van der Waals surface area contributed by atoms with Gasteiger partial charge in [-0.2, -0.15) is 19.4 Å². The molecule has 2 aliphatic rings. The molecule has 1 amide bonds. The molecule has 0 radical (unpaired) electrons. The standard InChI is InChI=1S/C24H26F2N8O5S3/c1-13(2)42(38,39)33-7-3-14(4-8-33)16-9-15(41(36,37)32-24(12-27)5-6-24)10-17-19(22-29-30-23(40-22)21(25)26)31-34(20(16)17)11-18(28)35/h3,9-10,13,21,32H,4-8,11H2,1-2H3,(H2,28,35). The lowest BCUT2D eigenvalue weighted by atomic mass is 9.97. The van der Waals surface area contributed by atoms with E-state index in [4.69, 9.17) is 5.73 Å². The van der Waals surface area contributed by atoms with Crippen molar-refractivity contribution in [2.75, 3.05) is 13.1 Å². The van der Waals surface area contributed by atoms with Crippen LogP contribution in [0.3, 0.4) is 0 Å². The van der Waals surface area contributed by atoms with E-state index in [9.17, 15) is 35.7 Å². The molecule has 1 aromatic carbocycles. The summed E-state index contributed by atoms with van der Waals surface area (Å²) in [4.78, 5) is 11.8. The smallest absolute Gasteiger partial charge is 0.291 e. The van der Waals surface area contributed by atoms with Gasteiger partial charge in [0.25, 0.3) is 6.43 Å². The van der Waals surface area contributed by atoms with Crippen LogP contribution in [0, 0.1) is 11.3 Å². The van der Waals surface area contributed by atoms with Crippen molar-refractivity contribution in [3.8, 4) is 16.8 Å². The van der Waals surface area contributed by atoms with Crippen LogP contribution in [0.5, 0.6) is 0 Å². The van der Waals surface area contributed by atoms with Crippen LogP contribution >= 0.6 is 11.3 Å². The summed E-state index contributed by atoms with van der Waals surface area (Å²) in [5.41, 5.74) is 5.44. The predicted octanol–water partition coefficient (Wildman–Crippen LogP) is 2.14. The van der Waals surface area contributed by atoms with Crippen LogP contribution in [0.25, 0.3) is 27.2 Å². The van der Waals surface area contributed by atoms with Gasteiger partial charge in [-0.05, 0) is 50.8 Å². The predicted molar refractivity (Wildman–Crippen MR) is 149 cm³/mol. The SMILES string of the molecule is CC(C)S(=O)(=O)N1CC=C(c2cc(S(=O)(=O)NC3(C#N)CC3)cc3c(-c4nnc(C(F)F)s4)nn(CC(N)=O)c23)CC1. The lowest BCUT2D eigenvalue weighted by molar-refractivity contribution is -0.118. The molecule has 1 saturated carbocycles. The number of fused-ring (bicyclic) bond motifs is 1. The quantitative estimate of drug-likeness (QED) is 0.334. The molecule has 0 spiro atoms. The number of nitriles is 1. The molecule has 13 nitrogen and oxygen atoms in total. The number of halogens is 2. The van der Waals surface area contributed by atoms with Crippen molar-refractivity contribution in [3.63, 3.8) is 0 Å². The minimum absolute atomic E-state index is 0.00999. The molecule has 3 N–H and O–H groups in total. The maximum absolute atomic E-state index is 13.5. The number of carbonyl (C=O) groups excluding carboxylic acids is 1. The topological polar surface area (TPSA) is 194 Å². The third kappa shape index (κ3) is 5.54. The molecule has 18 heteroatoms. The van der Waals surface area contributed by atoms with Gasteiger partial charge in [0.15, 0.2) is 10.0 Å². The van der Waals surface area contributed by atoms with Gasteiger partial charge in [0.05, 0.1) is 21.7 Å². The first-order valence-corrected chi connectivity index (χ1v) is 16.6. The van der Waals surface area contributed by atoms with Crippen molar-refractivity contribution in [2.24, 2.45) is 5.73 Å². The highest BCUT2D eigenvalue weighted by Crippen LogP contribution is 2.40. The fourth-order valence-electron chi connectivity index (χ4n) is 4.63. The van der Waals surface area contributed by atoms with Crippen LogP contribution < -0.4 is 10.5 Å².